The Bertz CT molecular complexity index is 976. The van der Waals surface area contributed by atoms with E-state index in [4.69, 9.17) is 16.1 Å². The smallest absolute Gasteiger partial charge is 0.249 e. The summed E-state index contributed by atoms with van der Waals surface area (Å²) in [7, 11) is 0. The van der Waals surface area contributed by atoms with Gasteiger partial charge in [-0.1, -0.05) is 61.7 Å². The van der Waals surface area contributed by atoms with Gasteiger partial charge in [-0.2, -0.15) is 4.98 Å². The molecule has 2 aromatic rings. The maximum absolute atomic E-state index is 13.4. The normalized spacial score (nSPS) is 16.8. The Kier molecular flexibility index (Phi) is 9.69. The Morgan fingerprint density at radius 2 is 2.18 bits per heavy atom. The minimum absolute atomic E-state index is 0.0267. The predicted molar refractivity (Wildman–Crippen MR) is 133 cm³/mol. The number of unbranched alkanes of at least 4 members (excludes halogenated alkanes) is 1. The number of piperidine rings is 1. The molecule has 2 unspecified atom stereocenters. The molecule has 0 N–H and O–H groups in total. The van der Waals surface area contributed by atoms with E-state index < -0.39 is 0 Å². The molecule has 1 aliphatic rings. The van der Waals surface area contributed by atoms with Crippen LogP contribution in [0.2, 0.25) is 5.02 Å². The highest BCUT2D eigenvalue weighted by atomic mass is 35.5. The van der Waals surface area contributed by atoms with Crippen molar-refractivity contribution in [2.75, 3.05) is 19.6 Å². The van der Waals surface area contributed by atoms with Crippen molar-refractivity contribution in [3.05, 3.63) is 47.8 Å². The Morgan fingerprint density at radius 3 is 2.88 bits per heavy atom. The Hall–Kier alpha value is -2.67. The van der Waals surface area contributed by atoms with Gasteiger partial charge in [0.15, 0.2) is 0 Å². The topological polar surface area (TPSA) is 79.5 Å². The van der Waals surface area contributed by atoms with Gasteiger partial charge in [-0.25, -0.2) is 0 Å². The van der Waals surface area contributed by atoms with E-state index in [0.717, 1.165) is 50.5 Å². The number of aromatic nitrogens is 2. The number of likely N-dealkylation sites (tertiary alicyclic amines) is 1. The molecule has 184 valence electrons. The van der Waals surface area contributed by atoms with Gasteiger partial charge in [-0.15, -0.1) is 6.58 Å². The number of amides is 2. The molecule has 1 saturated heterocycles. The fourth-order valence-electron chi connectivity index (χ4n) is 4.46. The quantitative estimate of drug-likeness (QED) is 0.382. The molecule has 0 saturated carbocycles. The highest BCUT2D eigenvalue weighted by Crippen LogP contribution is 2.32. The Balaban J connectivity index is 1.75. The summed E-state index contributed by atoms with van der Waals surface area (Å²) in [6.45, 7) is 8.91. The summed E-state index contributed by atoms with van der Waals surface area (Å²) in [5.41, 5.74) is 0.761. The fraction of sp³-hybridized carbons (Fsp3) is 0.538. The minimum Gasteiger partial charge on any atom is -0.337 e. The van der Waals surface area contributed by atoms with Crippen molar-refractivity contribution < 1.29 is 14.1 Å². The standard InChI is InChI=1S/C26H35ClN4O3/c1-4-7-11-19(6-3)26(33)30(15-5-2)18-23(32)31-16-9-8-14-22(31)25-28-24(29-34-25)20-12-10-13-21(27)17-20/h5,10,12-13,17,19,22H,2,4,6-9,11,14-16,18H2,1,3H3. The molecule has 8 heteroatoms. The molecule has 0 spiro atoms. The second-order valence-electron chi connectivity index (χ2n) is 8.82. The average molecular weight is 487 g/mol. The first-order valence-corrected chi connectivity index (χ1v) is 12.6. The van der Waals surface area contributed by atoms with Crippen LogP contribution in [0.4, 0.5) is 0 Å². The lowest BCUT2D eigenvalue weighted by Gasteiger charge is -2.35. The Morgan fingerprint density at radius 1 is 1.35 bits per heavy atom. The summed E-state index contributed by atoms with van der Waals surface area (Å²) in [4.78, 5) is 34.6. The summed E-state index contributed by atoms with van der Waals surface area (Å²) < 4.78 is 5.58. The zero-order chi connectivity index (χ0) is 24.5. The first-order chi connectivity index (χ1) is 16.5. The first kappa shape index (κ1) is 25.9. The fourth-order valence-corrected chi connectivity index (χ4v) is 4.65. The molecule has 34 heavy (non-hydrogen) atoms. The maximum Gasteiger partial charge on any atom is 0.249 e. The lowest BCUT2D eigenvalue weighted by Crippen LogP contribution is -2.47. The zero-order valence-corrected chi connectivity index (χ0v) is 21.0. The van der Waals surface area contributed by atoms with Gasteiger partial charge in [0.1, 0.15) is 12.6 Å². The summed E-state index contributed by atoms with van der Waals surface area (Å²) in [5, 5.41) is 4.71. The summed E-state index contributed by atoms with van der Waals surface area (Å²) >= 11 is 6.10. The largest absolute Gasteiger partial charge is 0.337 e. The van der Waals surface area contributed by atoms with Crippen LogP contribution in [0, 0.1) is 5.92 Å². The van der Waals surface area contributed by atoms with Crippen molar-refractivity contribution in [1.82, 2.24) is 19.9 Å². The lowest BCUT2D eigenvalue weighted by atomic mass is 9.97. The van der Waals surface area contributed by atoms with Crippen molar-refractivity contribution in [3.63, 3.8) is 0 Å². The minimum atomic E-state index is -0.301. The number of hydrogen-bond donors (Lipinski definition) is 0. The number of carbonyl (C=O) groups excluding carboxylic acids is 2. The van der Waals surface area contributed by atoms with Gasteiger partial charge in [-0.3, -0.25) is 9.59 Å². The van der Waals surface area contributed by atoms with Crippen LogP contribution in [-0.2, 0) is 9.59 Å². The number of hydrogen-bond acceptors (Lipinski definition) is 5. The van der Waals surface area contributed by atoms with Crippen LogP contribution in [0.1, 0.15) is 70.7 Å². The van der Waals surface area contributed by atoms with Gasteiger partial charge in [0, 0.05) is 29.6 Å². The van der Waals surface area contributed by atoms with Gasteiger partial charge in [-0.05, 0) is 44.2 Å². The third kappa shape index (κ3) is 6.47. The Labute approximate surface area is 207 Å². The molecule has 1 aromatic heterocycles. The van der Waals surface area contributed by atoms with E-state index in [1.54, 1.807) is 28.0 Å². The molecule has 2 atom stereocenters. The average Bonchev–Trinajstić information content (AvgIpc) is 3.34. The number of benzene rings is 1. The van der Waals surface area contributed by atoms with E-state index in [0.29, 0.717) is 29.8 Å². The van der Waals surface area contributed by atoms with Crippen LogP contribution in [-0.4, -0.2) is 51.4 Å². The van der Waals surface area contributed by atoms with Crippen LogP contribution in [0.5, 0.6) is 0 Å². The van der Waals surface area contributed by atoms with E-state index >= 15 is 0 Å². The third-order valence-corrected chi connectivity index (χ3v) is 6.60. The maximum atomic E-state index is 13.4. The van der Waals surface area contributed by atoms with Crippen molar-refractivity contribution >= 4 is 23.4 Å². The van der Waals surface area contributed by atoms with Crippen LogP contribution in [0.3, 0.4) is 0 Å². The van der Waals surface area contributed by atoms with Gasteiger partial charge in [0.2, 0.25) is 23.5 Å². The summed E-state index contributed by atoms with van der Waals surface area (Å²) in [6, 6.07) is 6.96. The van der Waals surface area contributed by atoms with E-state index in [2.05, 4.69) is 23.6 Å². The van der Waals surface area contributed by atoms with Gasteiger partial charge < -0.3 is 14.3 Å². The molecule has 3 rings (SSSR count). The predicted octanol–water partition coefficient (Wildman–Crippen LogP) is 5.67. The van der Waals surface area contributed by atoms with Crippen LogP contribution < -0.4 is 0 Å². The summed E-state index contributed by atoms with van der Waals surface area (Å²) in [6.07, 6.45) is 7.94. The zero-order valence-electron chi connectivity index (χ0n) is 20.2. The second-order valence-corrected chi connectivity index (χ2v) is 9.26. The molecule has 7 nitrogen and oxygen atoms in total. The molecule has 1 aliphatic heterocycles. The monoisotopic (exact) mass is 486 g/mol. The summed E-state index contributed by atoms with van der Waals surface area (Å²) in [5.74, 6) is 0.715. The van der Waals surface area contributed by atoms with Gasteiger partial charge >= 0.3 is 0 Å². The molecule has 2 amide bonds. The van der Waals surface area contributed by atoms with E-state index in [1.165, 1.54) is 0 Å². The van der Waals surface area contributed by atoms with Crippen molar-refractivity contribution in [2.24, 2.45) is 5.92 Å². The van der Waals surface area contributed by atoms with E-state index in [-0.39, 0.29) is 30.3 Å². The van der Waals surface area contributed by atoms with Crippen LogP contribution >= 0.6 is 11.6 Å². The van der Waals surface area contributed by atoms with Crippen molar-refractivity contribution in [3.8, 4) is 11.4 Å². The first-order valence-electron chi connectivity index (χ1n) is 12.3. The number of halogens is 1. The van der Waals surface area contributed by atoms with E-state index in [9.17, 15) is 9.59 Å². The van der Waals surface area contributed by atoms with Crippen LogP contribution in [0.25, 0.3) is 11.4 Å². The van der Waals surface area contributed by atoms with E-state index in [1.807, 2.05) is 19.1 Å². The molecule has 0 aliphatic carbocycles. The molecule has 1 fully saturated rings. The highest BCUT2D eigenvalue weighted by Gasteiger charge is 2.34. The molecule has 2 heterocycles. The van der Waals surface area contributed by atoms with Crippen LogP contribution in [0.15, 0.2) is 41.4 Å². The SMILES string of the molecule is C=CCN(CC(=O)N1CCCCC1c1nc(-c2cccc(Cl)c2)no1)C(=O)C(CC)CCCC. The van der Waals surface area contributed by atoms with Gasteiger partial charge in [0.05, 0.1) is 0 Å². The molecule has 0 bridgehead atoms. The highest BCUT2D eigenvalue weighted by molar-refractivity contribution is 6.30. The molecular formula is C26H35ClN4O3. The number of nitrogens with zero attached hydrogens (tertiary/aromatic N) is 4. The van der Waals surface area contributed by atoms with Crippen molar-refractivity contribution in [2.45, 2.75) is 64.8 Å². The molecule has 0 radical (unpaired) electrons. The third-order valence-electron chi connectivity index (χ3n) is 6.37. The van der Waals surface area contributed by atoms with Gasteiger partial charge in [0.25, 0.3) is 0 Å². The number of carbonyl (C=O) groups is 2. The number of rotatable bonds is 11. The second kappa shape index (κ2) is 12.7. The van der Waals surface area contributed by atoms with Crippen molar-refractivity contribution in [1.29, 1.82) is 0 Å². The lowest BCUT2D eigenvalue weighted by molar-refractivity contribution is -0.145. The molecule has 1 aromatic carbocycles. The molecular weight excluding hydrogens is 452 g/mol.